The lowest BCUT2D eigenvalue weighted by Crippen LogP contribution is -2.49. The van der Waals surface area contributed by atoms with Crippen LogP contribution in [-0.2, 0) is 0 Å². The van der Waals surface area contributed by atoms with Crippen LogP contribution in [0.1, 0.15) is 43.5 Å². The number of hydrogen-bond acceptors (Lipinski definition) is 3. The van der Waals surface area contributed by atoms with E-state index < -0.39 is 0 Å². The highest BCUT2D eigenvalue weighted by molar-refractivity contribution is 5.51. The van der Waals surface area contributed by atoms with Crippen molar-refractivity contribution < 1.29 is 0 Å². The van der Waals surface area contributed by atoms with Crippen LogP contribution in [0.5, 0.6) is 0 Å². The number of aryl methyl sites for hydroxylation is 2. The third-order valence-corrected chi connectivity index (χ3v) is 4.70. The maximum Gasteiger partial charge on any atom is 0.0608 e. The second-order valence-electron chi connectivity index (χ2n) is 6.25. The Labute approximate surface area is 116 Å². The zero-order valence-corrected chi connectivity index (χ0v) is 12.2. The van der Waals surface area contributed by atoms with Gasteiger partial charge in [0.05, 0.1) is 11.4 Å². The normalized spacial score (nSPS) is 22.7. The Morgan fingerprint density at radius 2 is 1.95 bits per heavy atom. The van der Waals surface area contributed by atoms with E-state index >= 15 is 0 Å². The molecule has 3 heteroatoms. The first kappa shape index (κ1) is 12.9. The summed E-state index contributed by atoms with van der Waals surface area (Å²) < 4.78 is 0. The summed E-state index contributed by atoms with van der Waals surface area (Å²) in [5.41, 5.74) is 3.99. The molecular formula is C16H25N3. The quantitative estimate of drug-likeness (QED) is 0.840. The van der Waals surface area contributed by atoms with E-state index in [2.05, 4.69) is 41.2 Å². The van der Waals surface area contributed by atoms with Crippen molar-refractivity contribution in [1.82, 2.24) is 10.3 Å². The molecule has 1 aliphatic heterocycles. The smallest absolute Gasteiger partial charge is 0.0608 e. The summed E-state index contributed by atoms with van der Waals surface area (Å²) >= 11 is 0. The minimum Gasteiger partial charge on any atom is -0.368 e. The first-order chi connectivity index (χ1) is 9.19. The molecule has 0 amide bonds. The van der Waals surface area contributed by atoms with Gasteiger partial charge >= 0.3 is 0 Å². The average molecular weight is 259 g/mol. The van der Waals surface area contributed by atoms with E-state index in [0.29, 0.717) is 5.54 Å². The van der Waals surface area contributed by atoms with Gasteiger partial charge in [0.1, 0.15) is 0 Å². The highest BCUT2D eigenvalue weighted by Gasteiger charge is 2.36. The third-order valence-electron chi connectivity index (χ3n) is 4.70. The molecule has 19 heavy (non-hydrogen) atoms. The van der Waals surface area contributed by atoms with Crippen LogP contribution in [0.15, 0.2) is 12.1 Å². The molecule has 1 aromatic heterocycles. The first-order valence-electron chi connectivity index (χ1n) is 7.63. The Balaban J connectivity index is 1.86. The Hall–Kier alpha value is -1.09. The van der Waals surface area contributed by atoms with Crippen LogP contribution in [0.2, 0.25) is 0 Å². The highest BCUT2D eigenvalue weighted by Crippen LogP contribution is 2.33. The van der Waals surface area contributed by atoms with Crippen molar-refractivity contribution >= 4 is 5.69 Å². The van der Waals surface area contributed by atoms with Crippen LogP contribution in [-0.4, -0.2) is 30.2 Å². The van der Waals surface area contributed by atoms with Crippen molar-refractivity contribution in [3.8, 4) is 0 Å². The minimum atomic E-state index is 0.369. The van der Waals surface area contributed by atoms with Crippen molar-refractivity contribution in [1.29, 1.82) is 0 Å². The van der Waals surface area contributed by atoms with Crippen LogP contribution >= 0.6 is 0 Å². The molecule has 1 spiro atoms. The van der Waals surface area contributed by atoms with E-state index in [0.717, 1.165) is 25.3 Å². The maximum atomic E-state index is 4.63. The van der Waals surface area contributed by atoms with E-state index in [1.54, 1.807) is 0 Å². The molecule has 0 unspecified atom stereocenters. The van der Waals surface area contributed by atoms with Gasteiger partial charge in [0.2, 0.25) is 0 Å². The maximum absolute atomic E-state index is 4.63. The molecule has 1 N–H and O–H groups in total. The number of aromatic nitrogens is 1. The SMILES string of the molecule is Cc1ccc(N2CCCNC3(CCCC3)C2)c(C)n1. The summed E-state index contributed by atoms with van der Waals surface area (Å²) in [7, 11) is 0. The summed E-state index contributed by atoms with van der Waals surface area (Å²) in [6.45, 7) is 7.68. The van der Waals surface area contributed by atoms with E-state index in [-0.39, 0.29) is 0 Å². The van der Waals surface area contributed by atoms with Crippen molar-refractivity contribution in [2.24, 2.45) is 0 Å². The highest BCUT2D eigenvalue weighted by atomic mass is 15.2. The second-order valence-corrected chi connectivity index (χ2v) is 6.25. The topological polar surface area (TPSA) is 28.2 Å². The molecule has 3 nitrogen and oxygen atoms in total. The molecule has 2 heterocycles. The number of anilines is 1. The van der Waals surface area contributed by atoms with Crippen LogP contribution in [0.4, 0.5) is 5.69 Å². The van der Waals surface area contributed by atoms with Gasteiger partial charge in [-0.05, 0) is 51.8 Å². The van der Waals surface area contributed by atoms with Crippen LogP contribution in [0.3, 0.4) is 0 Å². The molecule has 2 aliphatic rings. The Bertz CT molecular complexity index is 449. The van der Waals surface area contributed by atoms with Gasteiger partial charge in [-0.15, -0.1) is 0 Å². The van der Waals surface area contributed by atoms with E-state index in [1.165, 1.54) is 43.5 Å². The Kier molecular flexibility index (Phi) is 3.48. The monoisotopic (exact) mass is 259 g/mol. The Morgan fingerprint density at radius 1 is 1.16 bits per heavy atom. The number of nitrogens with one attached hydrogen (secondary N) is 1. The van der Waals surface area contributed by atoms with Crippen molar-refractivity contribution in [3.05, 3.63) is 23.5 Å². The zero-order chi connectivity index (χ0) is 13.3. The molecule has 1 saturated carbocycles. The van der Waals surface area contributed by atoms with Crippen LogP contribution in [0.25, 0.3) is 0 Å². The minimum absolute atomic E-state index is 0.369. The van der Waals surface area contributed by atoms with Gasteiger partial charge in [0.25, 0.3) is 0 Å². The molecule has 3 rings (SSSR count). The first-order valence-corrected chi connectivity index (χ1v) is 7.63. The predicted octanol–water partition coefficient (Wildman–Crippen LogP) is 2.81. The predicted molar refractivity (Wildman–Crippen MR) is 79.7 cm³/mol. The Morgan fingerprint density at radius 3 is 2.68 bits per heavy atom. The molecule has 0 atom stereocenters. The molecular weight excluding hydrogens is 234 g/mol. The zero-order valence-electron chi connectivity index (χ0n) is 12.2. The van der Waals surface area contributed by atoms with Gasteiger partial charge in [-0.2, -0.15) is 0 Å². The summed E-state index contributed by atoms with van der Waals surface area (Å²) in [6.07, 6.45) is 6.66. The standard InChI is InChI=1S/C16H25N3/c1-13-6-7-15(14(2)18-13)19-11-5-10-17-16(12-19)8-3-4-9-16/h6-7,17H,3-5,8-12H2,1-2H3. The molecule has 0 radical (unpaired) electrons. The van der Waals surface area contributed by atoms with Gasteiger partial charge < -0.3 is 10.2 Å². The van der Waals surface area contributed by atoms with Gasteiger partial charge in [-0.3, -0.25) is 4.98 Å². The number of nitrogens with zero attached hydrogens (tertiary/aromatic N) is 2. The fraction of sp³-hybridized carbons (Fsp3) is 0.688. The van der Waals surface area contributed by atoms with Crippen molar-refractivity contribution in [3.63, 3.8) is 0 Å². The van der Waals surface area contributed by atoms with Crippen LogP contribution in [0, 0.1) is 13.8 Å². The number of rotatable bonds is 1. The van der Waals surface area contributed by atoms with Gasteiger partial charge in [-0.1, -0.05) is 12.8 Å². The summed E-state index contributed by atoms with van der Waals surface area (Å²) in [6, 6.07) is 4.40. The van der Waals surface area contributed by atoms with Crippen molar-refractivity contribution in [2.45, 2.75) is 51.5 Å². The van der Waals surface area contributed by atoms with Gasteiger partial charge in [0, 0.05) is 24.3 Å². The van der Waals surface area contributed by atoms with Crippen LogP contribution < -0.4 is 10.2 Å². The summed E-state index contributed by atoms with van der Waals surface area (Å²) in [5, 5.41) is 3.83. The number of hydrogen-bond donors (Lipinski definition) is 1. The second kappa shape index (κ2) is 5.12. The lowest BCUT2D eigenvalue weighted by molar-refractivity contribution is 0.354. The molecule has 1 aliphatic carbocycles. The molecule has 0 bridgehead atoms. The largest absolute Gasteiger partial charge is 0.368 e. The number of pyridine rings is 1. The van der Waals surface area contributed by atoms with Crippen molar-refractivity contribution in [2.75, 3.05) is 24.5 Å². The fourth-order valence-electron chi connectivity index (χ4n) is 3.73. The lowest BCUT2D eigenvalue weighted by atomic mass is 9.97. The molecule has 1 aromatic rings. The summed E-state index contributed by atoms with van der Waals surface area (Å²) in [4.78, 5) is 7.19. The molecule has 104 valence electrons. The molecule has 2 fully saturated rings. The van der Waals surface area contributed by atoms with E-state index in [9.17, 15) is 0 Å². The van der Waals surface area contributed by atoms with Gasteiger partial charge in [-0.25, -0.2) is 0 Å². The molecule has 1 saturated heterocycles. The lowest BCUT2D eigenvalue weighted by Gasteiger charge is -2.35. The van der Waals surface area contributed by atoms with E-state index in [1.807, 2.05) is 0 Å². The average Bonchev–Trinajstić information content (AvgIpc) is 2.71. The fourth-order valence-corrected chi connectivity index (χ4v) is 3.73. The van der Waals surface area contributed by atoms with Gasteiger partial charge in [0.15, 0.2) is 0 Å². The summed E-state index contributed by atoms with van der Waals surface area (Å²) in [5.74, 6) is 0. The molecule has 0 aromatic carbocycles. The van der Waals surface area contributed by atoms with E-state index in [4.69, 9.17) is 0 Å². The third kappa shape index (κ3) is 2.62.